The monoisotopic (exact) mass is 253 g/mol. The van der Waals surface area contributed by atoms with Crippen molar-refractivity contribution in [1.82, 2.24) is 4.57 Å². The van der Waals surface area contributed by atoms with Gasteiger partial charge in [0.05, 0.1) is 6.10 Å². The Kier molecular flexibility index (Phi) is 5.58. The van der Waals surface area contributed by atoms with E-state index in [9.17, 15) is 9.59 Å². The molecule has 0 fully saturated rings. The number of hydrogen-bond donors (Lipinski definition) is 1. The van der Waals surface area contributed by atoms with Crippen LogP contribution in [0.25, 0.3) is 0 Å². The minimum atomic E-state index is -0.822. The summed E-state index contributed by atoms with van der Waals surface area (Å²) in [5.74, 6) is -0.822. The van der Waals surface area contributed by atoms with Crippen molar-refractivity contribution >= 4 is 12.4 Å². The van der Waals surface area contributed by atoms with Crippen molar-refractivity contribution in [2.45, 2.75) is 38.7 Å². The fourth-order valence-corrected chi connectivity index (χ4v) is 1.93. The Labute approximate surface area is 106 Å². The standard InChI is InChI=1S/C13H19NO4/c1-3-11-6-10(8-14(11)9-15)7-12(18-2)4-5-13(16)17/h6,8-9,12H,3-5,7H2,1-2H3,(H,16,17). The number of carboxylic acid groups (broad SMARTS) is 1. The molecule has 1 N–H and O–H groups in total. The Balaban J connectivity index is 2.66. The fourth-order valence-electron chi connectivity index (χ4n) is 1.93. The van der Waals surface area contributed by atoms with Crippen molar-refractivity contribution in [3.63, 3.8) is 0 Å². The molecule has 18 heavy (non-hydrogen) atoms. The second kappa shape index (κ2) is 6.96. The number of rotatable bonds is 8. The van der Waals surface area contributed by atoms with Crippen LogP contribution in [-0.2, 0) is 27.2 Å². The van der Waals surface area contributed by atoms with Gasteiger partial charge in [0, 0.05) is 31.8 Å². The van der Waals surface area contributed by atoms with E-state index in [1.807, 2.05) is 13.0 Å². The summed E-state index contributed by atoms with van der Waals surface area (Å²) in [7, 11) is 1.57. The summed E-state index contributed by atoms with van der Waals surface area (Å²) in [6.45, 7) is 1.98. The first-order valence-corrected chi connectivity index (χ1v) is 6.00. The number of aliphatic carboxylic acids is 1. The summed E-state index contributed by atoms with van der Waals surface area (Å²) in [6, 6.07) is 1.96. The van der Waals surface area contributed by atoms with E-state index in [0.717, 1.165) is 24.1 Å². The average molecular weight is 253 g/mol. The molecule has 0 aliphatic carbocycles. The van der Waals surface area contributed by atoms with Gasteiger partial charge in [-0.1, -0.05) is 6.92 Å². The lowest BCUT2D eigenvalue weighted by molar-refractivity contribution is -0.137. The van der Waals surface area contributed by atoms with Crippen LogP contribution in [0.4, 0.5) is 0 Å². The van der Waals surface area contributed by atoms with Crippen molar-refractivity contribution in [3.8, 4) is 0 Å². The van der Waals surface area contributed by atoms with E-state index >= 15 is 0 Å². The van der Waals surface area contributed by atoms with Crippen molar-refractivity contribution in [2.75, 3.05) is 7.11 Å². The van der Waals surface area contributed by atoms with Crippen molar-refractivity contribution < 1.29 is 19.4 Å². The maximum Gasteiger partial charge on any atom is 0.303 e. The summed E-state index contributed by atoms with van der Waals surface area (Å²) in [4.78, 5) is 21.3. The molecule has 1 atom stereocenters. The molecule has 1 rings (SSSR count). The van der Waals surface area contributed by atoms with Gasteiger partial charge in [0.15, 0.2) is 0 Å². The molecule has 5 heteroatoms. The van der Waals surface area contributed by atoms with E-state index < -0.39 is 5.97 Å². The van der Waals surface area contributed by atoms with E-state index in [-0.39, 0.29) is 12.5 Å². The largest absolute Gasteiger partial charge is 0.481 e. The number of aromatic nitrogens is 1. The third-order valence-corrected chi connectivity index (χ3v) is 2.94. The van der Waals surface area contributed by atoms with Crippen LogP contribution in [0.15, 0.2) is 12.3 Å². The molecule has 1 aromatic rings. The lowest BCUT2D eigenvalue weighted by Crippen LogP contribution is -2.15. The molecular weight excluding hydrogens is 234 g/mol. The Morgan fingerprint density at radius 2 is 2.33 bits per heavy atom. The number of aryl methyl sites for hydroxylation is 1. The first-order valence-electron chi connectivity index (χ1n) is 6.00. The number of ether oxygens (including phenoxy) is 1. The van der Waals surface area contributed by atoms with Crippen molar-refractivity contribution in [1.29, 1.82) is 0 Å². The van der Waals surface area contributed by atoms with Crippen LogP contribution in [0.1, 0.15) is 31.0 Å². The molecule has 100 valence electrons. The molecule has 0 bridgehead atoms. The normalized spacial score (nSPS) is 12.3. The van der Waals surface area contributed by atoms with Crippen LogP contribution in [0.2, 0.25) is 0 Å². The lowest BCUT2D eigenvalue weighted by Gasteiger charge is -2.12. The second-order valence-electron chi connectivity index (χ2n) is 4.20. The molecule has 0 saturated carbocycles. The molecule has 0 aliphatic heterocycles. The zero-order valence-electron chi connectivity index (χ0n) is 10.8. The zero-order valence-corrected chi connectivity index (χ0v) is 10.8. The minimum Gasteiger partial charge on any atom is -0.481 e. The Hall–Kier alpha value is -1.62. The van der Waals surface area contributed by atoms with Gasteiger partial charge >= 0.3 is 5.97 Å². The highest BCUT2D eigenvalue weighted by molar-refractivity contribution is 5.66. The fraction of sp³-hybridized carbons (Fsp3) is 0.538. The number of hydrogen-bond acceptors (Lipinski definition) is 3. The first-order chi connectivity index (χ1) is 8.60. The van der Waals surface area contributed by atoms with E-state index in [4.69, 9.17) is 9.84 Å². The Morgan fingerprint density at radius 1 is 1.61 bits per heavy atom. The molecule has 0 aromatic carbocycles. The molecule has 0 amide bonds. The summed E-state index contributed by atoms with van der Waals surface area (Å²) in [6.07, 6.45) is 4.39. The van der Waals surface area contributed by atoms with Gasteiger partial charge in [0.1, 0.15) is 0 Å². The topological polar surface area (TPSA) is 68.5 Å². The van der Waals surface area contributed by atoms with Gasteiger partial charge in [0.25, 0.3) is 0 Å². The molecule has 0 spiro atoms. The molecule has 1 aromatic heterocycles. The number of methoxy groups -OCH3 is 1. The molecule has 0 saturated heterocycles. The molecule has 1 unspecified atom stereocenters. The van der Waals surface area contributed by atoms with Gasteiger partial charge in [0.2, 0.25) is 6.41 Å². The number of nitrogens with zero attached hydrogens (tertiary/aromatic N) is 1. The van der Waals surface area contributed by atoms with Gasteiger partial charge < -0.3 is 9.84 Å². The highest BCUT2D eigenvalue weighted by Gasteiger charge is 2.13. The quantitative estimate of drug-likeness (QED) is 0.713. The molecule has 5 nitrogen and oxygen atoms in total. The molecule has 0 aliphatic rings. The van der Waals surface area contributed by atoms with Gasteiger partial charge in [-0.3, -0.25) is 14.2 Å². The number of carbonyl (C=O) groups excluding carboxylic acids is 1. The van der Waals surface area contributed by atoms with Crippen LogP contribution in [0.5, 0.6) is 0 Å². The van der Waals surface area contributed by atoms with Gasteiger partial charge in [-0.25, -0.2) is 0 Å². The van der Waals surface area contributed by atoms with E-state index in [2.05, 4.69) is 0 Å². The van der Waals surface area contributed by atoms with E-state index in [1.54, 1.807) is 17.9 Å². The SMILES string of the molecule is CCc1cc(CC(CCC(=O)O)OC)cn1C=O. The van der Waals surface area contributed by atoms with Crippen LogP contribution in [0.3, 0.4) is 0 Å². The minimum absolute atomic E-state index is 0.0908. The molecular formula is C13H19NO4. The molecule has 0 radical (unpaired) electrons. The Morgan fingerprint density at radius 3 is 2.78 bits per heavy atom. The summed E-state index contributed by atoms with van der Waals surface area (Å²) in [5.41, 5.74) is 1.95. The van der Waals surface area contributed by atoms with Gasteiger partial charge in [-0.05, 0) is 24.5 Å². The number of carboxylic acids is 1. The van der Waals surface area contributed by atoms with Gasteiger partial charge in [-0.15, -0.1) is 0 Å². The predicted octanol–water partition coefficient (Wildman–Crippen LogP) is 1.51. The highest BCUT2D eigenvalue weighted by Crippen LogP contribution is 2.14. The lowest BCUT2D eigenvalue weighted by atomic mass is 10.1. The van der Waals surface area contributed by atoms with Gasteiger partial charge in [-0.2, -0.15) is 0 Å². The number of carbonyl (C=O) groups is 2. The summed E-state index contributed by atoms with van der Waals surface area (Å²) < 4.78 is 6.81. The average Bonchev–Trinajstić information content (AvgIpc) is 2.76. The van der Waals surface area contributed by atoms with Crippen LogP contribution >= 0.6 is 0 Å². The predicted molar refractivity (Wildman–Crippen MR) is 67.3 cm³/mol. The second-order valence-corrected chi connectivity index (χ2v) is 4.20. The van der Waals surface area contributed by atoms with Crippen LogP contribution in [0, 0.1) is 0 Å². The first kappa shape index (κ1) is 14.4. The smallest absolute Gasteiger partial charge is 0.303 e. The highest BCUT2D eigenvalue weighted by atomic mass is 16.5. The maximum atomic E-state index is 10.8. The van der Waals surface area contributed by atoms with E-state index in [0.29, 0.717) is 12.8 Å². The van der Waals surface area contributed by atoms with Crippen molar-refractivity contribution in [2.24, 2.45) is 0 Å². The van der Waals surface area contributed by atoms with Crippen molar-refractivity contribution in [3.05, 3.63) is 23.5 Å². The third kappa shape index (κ3) is 4.00. The summed E-state index contributed by atoms with van der Waals surface area (Å²) in [5, 5.41) is 8.64. The third-order valence-electron chi connectivity index (χ3n) is 2.94. The maximum absolute atomic E-state index is 10.8. The van der Waals surface area contributed by atoms with Crippen LogP contribution < -0.4 is 0 Å². The zero-order chi connectivity index (χ0) is 13.5. The molecule has 1 heterocycles. The summed E-state index contributed by atoms with van der Waals surface area (Å²) >= 11 is 0. The Bertz CT molecular complexity index is 411. The van der Waals surface area contributed by atoms with Crippen LogP contribution in [-0.4, -0.2) is 35.3 Å². The van der Waals surface area contributed by atoms with E-state index in [1.165, 1.54) is 0 Å².